The second kappa shape index (κ2) is 27.4. The van der Waals surface area contributed by atoms with Gasteiger partial charge in [-0.15, -0.1) is 0 Å². The number of nitrogens with one attached hydrogen (secondary N) is 1. The molecule has 248 valence electrons. The molecule has 10 heteroatoms. The lowest BCUT2D eigenvalue weighted by Gasteiger charge is -2.21. The first kappa shape index (κ1) is 44.0. The van der Waals surface area contributed by atoms with Crippen LogP contribution in [0.2, 0.25) is 0 Å². The third-order valence-electron chi connectivity index (χ3n) is 4.97. The summed E-state index contributed by atoms with van der Waals surface area (Å²) < 4.78 is 16.6. The van der Waals surface area contributed by atoms with Crippen LogP contribution in [0.4, 0.5) is 4.79 Å². The molecule has 10 nitrogen and oxygen atoms in total. The number of hydrogen-bond acceptors (Lipinski definition) is 8. The van der Waals surface area contributed by atoms with Gasteiger partial charge in [-0.25, -0.2) is 9.59 Å². The minimum atomic E-state index is -0.502. The smallest absolute Gasteiger partial charge is 0.407 e. The standard InChI is InChI=1S/C20H26N4O4.C5H10O2.4C2H6/c1-3-27-19(25)18-16-13-23(2)11-9-17(16)22-24(18)12-10-21-20(26)28-14-15-7-5-4-6-8-15;1-5(2,3)7-4-6;4*1-2/h4-8H,3,9-14H2,1-2H3,(H,21,26);4H,1-3H3;4*1-2H3. The molecule has 0 unspecified atom stereocenters. The number of carbonyl (C=O) groups is 3. The zero-order chi connectivity index (χ0) is 33.8. The number of fused-ring (bicyclic) bond motifs is 1. The molecular weight excluding hydrogens is 548 g/mol. The molecule has 1 aliphatic heterocycles. The fraction of sp³-hybridized carbons (Fsp3) is 0.636. The Balaban J connectivity index is -0.000000906. The largest absolute Gasteiger partial charge is 0.462 e. The van der Waals surface area contributed by atoms with Crippen LogP contribution in [-0.4, -0.2) is 65.6 Å². The highest BCUT2D eigenvalue weighted by Crippen LogP contribution is 2.22. The van der Waals surface area contributed by atoms with Gasteiger partial charge in [-0.3, -0.25) is 9.48 Å². The van der Waals surface area contributed by atoms with Gasteiger partial charge in [0, 0.05) is 31.6 Å². The molecular formula is C33H60N4O6. The fourth-order valence-corrected chi connectivity index (χ4v) is 3.33. The van der Waals surface area contributed by atoms with Crippen molar-refractivity contribution in [3.8, 4) is 0 Å². The van der Waals surface area contributed by atoms with Crippen molar-refractivity contribution in [2.45, 2.75) is 115 Å². The first-order chi connectivity index (χ1) is 20.6. The van der Waals surface area contributed by atoms with Crippen molar-refractivity contribution < 1.29 is 28.6 Å². The lowest BCUT2D eigenvalue weighted by atomic mass is 10.1. The van der Waals surface area contributed by atoms with Crippen LogP contribution >= 0.6 is 0 Å². The highest BCUT2D eigenvalue weighted by Gasteiger charge is 2.27. The third kappa shape index (κ3) is 19.4. The summed E-state index contributed by atoms with van der Waals surface area (Å²) in [4.78, 5) is 36.1. The number of nitrogens with zero attached hydrogens (tertiary/aromatic N) is 3. The first-order valence-corrected chi connectivity index (χ1v) is 15.6. The van der Waals surface area contributed by atoms with Gasteiger partial charge in [0.05, 0.1) is 18.8 Å². The molecule has 1 aliphatic rings. The summed E-state index contributed by atoms with van der Waals surface area (Å²) >= 11 is 0. The monoisotopic (exact) mass is 608 g/mol. The molecule has 2 heterocycles. The van der Waals surface area contributed by atoms with Gasteiger partial charge in [-0.1, -0.05) is 85.7 Å². The lowest BCUT2D eigenvalue weighted by Crippen LogP contribution is -2.29. The van der Waals surface area contributed by atoms with E-state index in [0.717, 1.165) is 29.8 Å². The predicted octanol–water partition coefficient (Wildman–Crippen LogP) is 7.04. The molecule has 43 heavy (non-hydrogen) atoms. The minimum Gasteiger partial charge on any atom is -0.462 e. The molecule has 1 N–H and O–H groups in total. The number of likely N-dealkylation sites (N-methyl/N-ethyl adjacent to an activating group) is 1. The second-order valence-corrected chi connectivity index (χ2v) is 9.02. The average molecular weight is 609 g/mol. The van der Waals surface area contributed by atoms with E-state index in [9.17, 15) is 14.4 Å². The zero-order valence-electron chi connectivity index (χ0n) is 29.2. The lowest BCUT2D eigenvalue weighted by molar-refractivity contribution is -0.138. The number of ether oxygens (including phenoxy) is 3. The maximum atomic E-state index is 12.4. The van der Waals surface area contributed by atoms with Gasteiger partial charge < -0.3 is 24.4 Å². The summed E-state index contributed by atoms with van der Waals surface area (Å²) in [5.41, 5.74) is 2.92. The molecule has 0 atom stereocenters. The van der Waals surface area contributed by atoms with Gasteiger partial charge in [-0.05, 0) is 40.3 Å². The van der Waals surface area contributed by atoms with E-state index < -0.39 is 6.09 Å². The molecule has 2 aromatic rings. The number of hydrogen-bond donors (Lipinski definition) is 1. The molecule has 0 bridgehead atoms. The summed E-state index contributed by atoms with van der Waals surface area (Å²) in [6, 6.07) is 9.48. The molecule has 1 amide bonds. The maximum Gasteiger partial charge on any atom is 0.407 e. The normalized spacial score (nSPS) is 11.2. The van der Waals surface area contributed by atoms with E-state index in [1.807, 2.05) is 114 Å². The molecule has 1 aromatic carbocycles. The molecule has 0 saturated carbocycles. The number of carbonyl (C=O) groups excluding carboxylic acids is 3. The molecule has 1 aromatic heterocycles. The van der Waals surface area contributed by atoms with Crippen LogP contribution in [0.1, 0.15) is 110 Å². The number of amides is 1. The van der Waals surface area contributed by atoms with Crippen LogP contribution in [0, 0.1) is 0 Å². The van der Waals surface area contributed by atoms with Gasteiger partial charge in [0.25, 0.3) is 6.47 Å². The van der Waals surface area contributed by atoms with Crippen molar-refractivity contribution in [3.63, 3.8) is 0 Å². The molecule has 0 spiro atoms. The van der Waals surface area contributed by atoms with Crippen molar-refractivity contribution in [2.75, 3.05) is 26.7 Å². The Morgan fingerprint density at radius 2 is 1.56 bits per heavy atom. The van der Waals surface area contributed by atoms with Crippen molar-refractivity contribution >= 4 is 18.5 Å². The minimum absolute atomic E-state index is 0.211. The van der Waals surface area contributed by atoms with Crippen molar-refractivity contribution in [1.82, 2.24) is 20.0 Å². The quantitative estimate of drug-likeness (QED) is 0.193. The highest BCUT2D eigenvalue weighted by molar-refractivity contribution is 5.89. The summed E-state index contributed by atoms with van der Waals surface area (Å²) in [5, 5.41) is 7.28. The van der Waals surface area contributed by atoms with Gasteiger partial charge in [0.1, 0.15) is 12.2 Å². The Bertz CT molecular complexity index is 972. The molecule has 0 radical (unpaired) electrons. The second-order valence-electron chi connectivity index (χ2n) is 9.02. The molecule has 0 fully saturated rings. The van der Waals surface area contributed by atoms with E-state index in [1.54, 1.807) is 11.6 Å². The van der Waals surface area contributed by atoms with Crippen molar-refractivity contribution in [3.05, 3.63) is 52.8 Å². The predicted molar refractivity (Wildman–Crippen MR) is 175 cm³/mol. The van der Waals surface area contributed by atoms with E-state index in [-0.39, 0.29) is 18.2 Å². The maximum absolute atomic E-state index is 12.4. The highest BCUT2D eigenvalue weighted by atomic mass is 16.5. The van der Waals surface area contributed by atoms with Crippen molar-refractivity contribution in [2.24, 2.45) is 0 Å². The van der Waals surface area contributed by atoms with Crippen LogP contribution in [0.25, 0.3) is 0 Å². The Hall–Kier alpha value is -3.40. The number of alkyl carbamates (subject to hydrolysis) is 1. The Morgan fingerprint density at radius 3 is 2.05 bits per heavy atom. The Morgan fingerprint density at radius 1 is 0.977 bits per heavy atom. The van der Waals surface area contributed by atoms with Crippen LogP contribution in [0.3, 0.4) is 0 Å². The number of rotatable bonds is 8. The van der Waals surface area contributed by atoms with Crippen LogP contribution < -0.4 is 5.32 Å². The van der Waals surface area contributed by atoms with E-state index >= 15 is 0 Å². The van der Waals surface area contributed by atoms with Crippen molar-refractivity contribution in [1.29, 1.82) is 0 Å². The van der Waals surface area contributed by atoms with Gasteiger partial charge in [0.2, 0.25) is 0 Å². The molecule has 0 saturated heterocycles. The van der Waals surface area contributed by atoms with Gasteiger partial charge in [-0.2, -0.15) is 5.10 Å². The number of aromatic nitrogens is 2. The van der Waals surface area contributed by atoms with E-state index in [2.05, 4.69) is 20.1 Å². The molecule has 3 rings (SSSR count). The summed E-state index contributed by atoms with van der Waals surface area (Å²) in [7, 11) is 2.01. The average Bonchev–Trinajstić information content (AvgIpc) is 3.38. The molecule has 0 aliphatic carbocycles. The zero-order valence-corrected chi connectivity index (χ0v) is 29.2. The summed E-state index contributed by atoms with van der Waals surface area (Å²) in [6.45, 7) is 26.4. The summed E-state index contributed by atoms with van der Waals surface area (Å²) in [5.74, 6) is -0.377. The first-order valence-electron chi connectivity index (χ1n) is 15.6. The van der Waals surface area contributed by atoms with Gasteiger partial charge >= 0.3 is 12.1 Å². The topological polar surface area (TPSA) is 112 Å². The number of esters is 1. The van der Waals surface area contributed by atoms with E-state index in [4.69, 9.17) is 9.47 Å². The van der Waals surface area contributed by atoms with Gasteiger partial charge in [0.15, 0.2) is 5.69 Å². The van der Waals surface area contributed by atoms with Crippen LogP contribution in [-0.2, 0) is 45.1 Å². The Kier molecular flexibility index (Phi) is 28.1. The van der Waals surface area contributed by atoms with Crippen LogP contribution in [0.15, 0.2) is 30.3 Å². The van der Waals surface area contributed by atoms with E-state index in [1.165, 1.54) is 0 Å². The third-order valence-corrected chi connectivity index (χ3v) is 4.97. The fourth-order valence-electron chi connectivity index (χ4n) is 3.33. The van der Waals surface area contributed by atoms with Crippen LogP contribution in [0.5, 0.6) is 0 Å². The van der Waals surface area contributed by atoms with E-state index in [0.29, 0.717) is 38.4 Å². The SMILES string of the molecule is CC.CC.CC.CC.CC(C)(C)OC=O.CCOC(=O)c1c2c(nn1CCNC(=O)OCc1ccccc1)CCN(C)C2. The Labute approximate surface area is 261 Å². The number of benzene rings is 1. The summed E-state index contributed by atoms with van der Waals surface area (Å²) in [6.07, 6.45) is 0.288.